The summed E-state index contributed by atoms with van der Waals surface area (Å²) >= 11 is 1.50. The molecular formula is C17H23N5O3S. The Morgan fingerprint density at radius 2 is 2.12 bits per heavy atom. The molecule has 1 fully saturated rings. The van der Waals surface area contributed by atoms with Crippen LogP contribution in [0.4, 0.5) is 10.8 Å². The number of carbonyl (C=O) groups is 1. The third kappa shape index (κ3) is 4.47. The van der Waals surface area contributed by atoms with Crippen LogP contribution in [0, 0.1) is 10.1 Å². The second-order valence-corrected chi connectivity index (χ2v) is 7.34. The fourth-order valence-corrected chi connectivity index (χ4v) is 4.03. The van der Waals surface area contributed by atoms with Gasteiger partial charge in [0.1, 0.15) is 0 Å². The fourth-order valence-electron chi connectivity index (χ4n) is 2.98. The standard InChI is InChI=1S/C17H23N5O3S/c1-2-3-16(23)18-6-7-20-8-10-21(11-9-20)17-19-14-5-4-13(22(24)25)12-15(14)26-17/h4-5,12H,2-3,6-11H2,1H3,(H,18,23). The number of nitro groups is 1. The molecule has 2 aromatic rings. The summed E-state index contributed by atoms with van der Waals surface area (Å²) < 4.78 is 0.843. The molecular weight excluding hydrogens is 354 g/mol. The van der Waals surface area contributed by atoms with Crippen molar-refractivity contribution in [1.29, 1.82) is 0 Å². The van der Waals surface area contributed by atoms with Crippen LogP contribution in [-0.4, -0.2) is 60.0 Å². The topological polar surface area (TPSA) is 91.6 Å². The average Bonchev–Trinajstić information content (AvgIpc) is 3.05. The molecule has 2 heterocycles. The van der Waals surface area contributed by atoms with Crippen molar-refractivity contribution in [1.82, 2.24) is 15.2 Å². The highest BCUT2D eigenvalue weighted by Gasteiger charge is 2.20. The third-order valence-electron chi connectivity index (χ3n) is 4.44. The van der Waals surface area contributed by atoms with Gasteiger partial charge < -0.3 is 10.2 Å². The zero-order chi connectivity index (χ0) is 18.5. The molecule has 1 aromatic carbocycles. The number of fused-ring (bicyclic) bond motifs is 1. The number of hydrogen-bond donors (Lipinski definition) is 1. The predicted octanol–water partition coefficient (Wildman–Crippen LogP) is 2.24. The van der Waals surface area contributed by atoms with E-state index in [9.17, 15) is 14.9 Å². The van der Waals surface area contributed by atoms with Gasteiger partial charge in [-0.3, -0.25) is 19.8 Å². The van der Waals surface area contributed by atoms with Gasteiger partial charge in [0.25, 0.3) is 5.69 Å². The van der Waals surface area contributed by atoms with Crippen molar-refractivity contribution in [2.75, 3.05) is 44.2 Å². The van der Waals surface area contributed by atoms with Crippen molar-refractivity contribution >= 4 is 38.3 Å². The highest BCUT2D eigenvalue weighted by molar-refractivity contribution is 7.22. The second-order valence-electron chi connectivity index (χ2n) is 6.33. The predicted molar refractivity (Wildman–Crippen MR) is 103 cm³/mol. The van der Waals surface area contributed by atoms with Crippen LogP contribution >= 0.6 is 11.3 Å². The molecule has 0 aliphatic carbocycles. The lowest BCUT2D eigenvalue weighted by molar-refractivity contribution is -0.384. The number of thiazole rings is 1. The smallest absolute Gasteiger partial charge is 0.270 e. The number of anilines is 1. The van der Waals surface area contributed by atoms with Crippen molar-refractivity contribution in [3.8, 4) is 0 Å². The Morgan fingerprint density at radius 3 is 2.81 bits per heavy atom. The number of amides is 1. The average molecular weight is 377 g/mol. The van der Waals surface area contributed by atoms with Gasteiger partial charge in [-0.2, -0.15) is 0 Å². The van der Waals surface area contributed by atoms with Crippen LogP contribution in [0.15, 0.2) is 18.2 Å². The molecule has 1 N–H and O–H groups in total. The lowest BCUT2D eigenvalue weighted by Crippen LogP contribution is -2.48. The monoisotopic (exact) mass is 377 g/mol. The lowest BCUT2D eigenvalue weighted by atomic mass is 10.3. The van der Waals surface area contributed by atoms with E-state index in [1.807, 2.05) is 6.92 Å². The van der Waals surface area contributed by atoms with Gasteiger partial charge >= 0.3 is 0 Å². The zero-order valence-corrected chi connectivity index (χ0v) is 15.6. The van der Waals surface area contributed by atoms with Crippen LogP contribution in [-0.2, 0) is 4.79 Å². The Kier molecular flexibility index (Phi) is 6.00. The van der Waals surface area contributed by atoms with Crippen LogP contribution in [0.3, 0.4) is 0 Å². The van der Waals surface area contributed by atoms with Gasteiger partial charge in [0.2, 0.25) is 5.91 Å². The third-order valence-corrected chi connectivity index (χ3v) is 5.52. The molecule has 1 aliphatic heterocycles. The number of nitrogens with zero attached hydrogens (tertiary/aromatic N) is 4. The van der Waals surface area contributed by atoms with E-state index < -0.39 is 0 Å². The van der Waals surface area contributed by atoms with Gasteiger partial charge in [-0.1, -0.05) is 18.3 Å². The van der Waals surface area contributed by atoms with Gasteiger partial charge in [0, 0.05) is 57.8 Å². The number of piperazine rings is 1. The van der Waals surface area contributed by atoms with Gasteiger partial charge in [0.05, 0.1) is 15.1 Å². The summed E-state index contributed by atoms with van der Waals surface area (Å²) in [5.74, 6) is 0.120. The van der Waals surface area contributed by atoms with Crippen molar-refractivity contribution in [2.24, 2.45) is 0 Å². The minimum atomic E-state index is -0.378. The molecule has 0 bridgehead atoms. The normalized spacial score (nSPS) is 15.3. The summed E-state index contributed by atoms with van der Waals surface area (Å²) in [5.41, 5.74) is 0.902. The minimum Gasteiger partial charge on any atom is -0.355 e. The molecule has 0 atom stereocenters. The quantitative estimate of drug-likeness (QED) is 0.588. The number of benzene rings is 1. The maximum absolute atomic E-state index is 11.5. The lowest BCUT2D eigenvalue weighted by Gasteiger charge is -2.34. The highest BCUT2D eigenvalue weighted by Crippen LogP contribution is 2.31. The number of carbonyl (C=O) groups excluding carboxylic acids is 1. The molecule has 1 aromatic heterocycles. The van der Waals surface area contributed by atoms with Crippen LogP contribution in [0.25, 0.3) is 10.2 Å². The molecule has 140 valence electrons. The molecule has 0 unspecified atom stereocenters. The van der Waals surface area contributed by atoms with E-state index in [1.54, 1.807) is 12.1 Å². The number of hydrogen-bond acceptors (Lipinski definition) is 7. The summed E-state index contributed by atoms with van der Waals surface area (Å²) in [6, 6.07) is 4.80. The number of rotatable bonds is 7. The summed E-state index contributed by atoms with van der Waals surface area (Å²) in [4.78, 5) is 31.2. The van der Waals surface area contributed by atoms with Crippen molar-refractivity contribution in [2.45, 2.75) is 19.8 Å². The van der Waals surface area contributed by atoms with Gasteiger partial charge in [-0.05, 0) is 12.5 Å². The molecule has 1 amide bonds. The van der Waals surface area contributed by atoms with Crippen molar-refractivity contribution < 1.29 is 9.72 Å². The first-order chi connectivity index (χ1) is 12.6. The first-order valence-corrected chi connectivity index (χ1v) is 9.67. The Hall–Kier alpha value is -2.26. The largest absolute Gasteiger partial charge is 0.355 e. The van der Waals surface area contributed by atoms with Crippen LogP contribution in [0.5, 0.6) is 0 Å². The summed E-state index contributed by atoms with van der Waals surface area (Å²) in [6.07, 6.45) is 1.46. The summed E-state index contributed by atoms with van der Waals surface area (Å²) in [6.45, 7) is 7.10. The number of non-ortho nitro benzene ring substituents is 1. The molecule has 0 saturated carbocycles. The SMILES string of the molecule is CCCC(=O)NCCN1CCN(c2nc3ccc([N+](=O)[O-])cc3s2)CC1. The molecule has 1 aliphatic rings. The van der Waals surface area contributed by atoms with E-state index in [0.717, 1.165) is 54.5 Å². The van der Waals surface area contributed by atoms with Gasteiger partial charge in [0.15, 0.2) is 5.13 Å². The van der Waals surface area contributed by atoms with E-state index in [-0.39, 0.29) is 16.5 Å². The Morgan fingerprint density at radius 1 is 1.35 bits per heavy atom. The Labute approximate surface area is 156 Å². The maximum atomic E-state index is 11.5. The summed E-state index contributed by atoms with van der Waals surface area (Å²) in [5, 5.41) is 14.8. The molecule has 0 spiro atoms. The molecule has 26 heavy (non-hydrogen) atoms. The minimum absolute atomic E-state index is 0.0997. The first-order valence-electron chi connectivity index (χ1n) is 8.86. The molecule has 8 nitrogen and oxygen atoms in total. The molecule has 0 radical (unpaired) electrons. The van der Waals surface area contributed by atoms with Crippen molar-refractivity contribution in [3.05, 3.63) is 28.3 Å². The van der Waals surface area contributed by atoms with Crippen molar-refractivity contribution in [3.63, 3.8) is 0 Å². The summed E-state index contributed by atoms with van der Waals surface area (Å²) in [7, 11) is 0. The molecule has 3 rings (SSSR count). The second kappa shape index (κ2) is 8.41. The number of aromatic nitrogens is 1. The van der Waals surface area contributed by atoms with E-state index >= 15 is 0 Å². The number of nitro benzene ring substituents is 1. The highest BCUT2D eigenvalue weighted by atomic mass is 32.1. The molecule has 1 saturated heterocycles. The fraction of sp³-hybridized carbons (Fsp3) is 0.529. The van der Waals surface area contributed by atoms with Crippen LogP contribution in [0.1, 0.15) is 19.8 Å². The Bertz CT molecular complexity index is 786. The van der Waals surface area contributed by atoms with E-state index in [2.05, 4.69) is 20.1 Å². The van der Waals surface area contributed by atoms with E-state index in [1.165, 1.54) is 17.4 Å². The van der Waals surface area contributed by atoms with Crippen LogP contribution in [0.2, 0.25) is 0 Å². The maximum Gasteiger partial charge on any atom is 0.270 e. The van der Waals surface area contributed by atoms with Gasteiger partial charge in [-0.15, -0.1) is 0 Å². The van der Waals surface area contributed by atoms with Crippen LogP contribution < -0.4 is 10.2 Å². The Balaban J connectivity index is 1.52. The first kappa shape index (κ1) is 18.5. The zero-order valence-electron chi connectivity index (χ0n) is 14.8. The van der Waals surface area contributed by atoms with E-state index in [4.69, 9.17) is 0 Å². The van der Waals surface area contributed by atoms with Gasteiger partial charge in [-0.25, -0.2) is 4.98 Å². The molecule has 9 heteroatoms. The number of nitrogens with one attached hydrogen (secondary N) is 1. The van der Waals surface area contributed by atoms with E-state index in [0.29, 0.717) is 13.0 Å².